The van der Waals surface area contributed by atoms with Gasteiger partial charge in [-0.3, -0.25) is 4.90 Å². The van der Waals surface area contributed by atoms with Crippen LogP contribution in [0.25, 0.3) is 0 Å². The summed E-state index contributed by atoms with van der Waals surface area (Å²) in [7, 11) is 0. The van der Waals surface area contributed by atoms with Crippen molar-refractivity contribution in [2.45, 2.75) is 13.0 Å². The molecule has 106 valence electrons. The lowest BCUT2D eigenvalue weighted by molar-refractivity contribution is 0.0322. The van der Waals surface area contributed by atoms with Gasteiger partial charge in [0.15, 0.2) is 0 Å². The van der Waals surface area contributed by atoms with E-state index < -0.39 is 0 Å². The zero-order valence-corrected chi connectivity index (χ0v) is 11.3. The second-order valence-electron chi connectivity index (χ2n) is 4.77. The van der Waals surface area contributed by atoms with Crippen molar-refractivity contribution in [3.63, 3.8) is 0 Å². The molecule has 1 aromatic carbocycles. The van der Waals surface area contributed by atoms with Crippen LogP contribution in [0.1, 0.15) is 18.5 Å². The first-order valence-corrected chi connectivity index (χ1v) is 6.65. The molecule has 5 heteroatoms. The number of ether oxygens (including phenoxy) is 2. The Hall–Kier alpha value is -1.17. The van der Waals surface area contributed by atoms with E-state index in [1.54, 1.807) is 6.07 Å². The van der Waals surface area contributed by atoms with Crippen LogP contribution in [0.5, 0.6) is 5.75 Å². The average Bonchev–Trinajstić information content (AvgIpc) is 2.41. The van der Waals surface area contributed by atoms with Crippen LogP contribution < -0.4 is 10.5 Å². The van der Waals surface area contributed by atoms with E-state index in [2.05, 4.69) is 4.90 Å². The van der Waals surface area contributed by atoms with Crippen molar-refractivity contribution in [1.29, 1.82) is 0 Å². The fourth-order valence-electron chi connectivity index (χ4n) is 2.12. The third kappa shape index (κ3) is 4.16. The Bertz CT molecular complexity index is 406. The Balaban J connectivity index is 1.88. The third-order valence-electron chi connectivity index (χ3n) is 3.23. The lowest BCUT2D eigenvalue weighted by atomic mass is 10.1. The summed E-state index contributed by atoms with van der Waals surface area (Å²) >= 11 is 0. The first-order chi connectivity index (χ1) is 9.16. The molecule has 19 heavy (non-hydrogen) atoms. The SMILES string of the molecule is C[C@H](N)c1cc(F)ccc1OCCN1CCOCC1. The van der Waals surface area contributed by atoms with Crippen molar-refractivity contribution >= 4 is 0 Å². The van der Waals surface area contributed by atoms with E-state index in [-0.39, 0.29) is 11.9 Å². The van der Waals surface area contributed by atoms with Crippen LogP contribution >= 0.6 is 0 Å². The number of halogens is 1. The molecule has 1 heterocycles. The smallest absolute Gasteiger partial charge is 0.124 e. The van der Waals surface area contributed by atoms with Gasteiger partial charge >= 0.3 is 0 Å². The van der Waals surface area contributed by atoms with Crippen LogP contribution in [0, 0.1) is 5.82 Å². The Labute approximate surface area is 113 Å². The van der Waals surface area contributed by atoms with Crippen LogP contribution in [0.15, 0.2) is 18.2 Å². The molecule has 1 aromatic rings. The van der Waals surface area contributed by atoms with Crippen LogP contribution in [0.2, 0.25) is 0 Å². The summed E-state index contributed by atoms with van der Waals surface area (Å²) < 4.78 is 24.2. The van der Waals surface area contributed by atoms with Gasteiger partial charge in [0.1, 0.15) is 18.2 Å². The van der Waals surface area contributed by atoms with E-state index >= 15 is 0 Å². The molecule has 2 N–H and O–H groups in total. The first-order valence-electron chi connectivity index (χ1n) is 6.65. The highest BCUT2D eigenvalue weighted by Gasteiger charge is 2.12. The Kier molecular flexibility index (Phi) is 5.13. The number of benzene rings is 1. The Morgan fingerprint density at radius 2 is 2.16 bits per heavy atom. The zero-order chi connectivity index (χ0) is 13.7. The van der Waals surface area contributed by atoms with Gasteiger partial charge in [-0.25, -0.2) is 4.39 Å². The lowest BCUT2D eigenvalue weighted by Crippen LogP contribution is -2.38. The van der Waals surface area contributed by atoms with Gasteiger partial charge in [0, 0.05) is 31.2 Å². The molecule has 4 nitrogen and oxygen atoms in total. The molecular weight excluding hydrogens is 247 g/mol. The van der Waals surface area contributed by atoms with Crippen LogP contribution in [0.3, 0.4) is 0 Å². The molecule has 0 bridgehead atoms. The highest BCUT2D eigenvalue weighted by molar-refractivity contribution is 5.36. The fourth-order valence-corrected chi connectivity index (χ4v) is 2.12. The molecule has 0 spiro atoms. The highest BCUT2D eigenvalue weighted by Crippen LogP contribution is 2.24. The van der Waals surface area contributed by atoms with Gasteiger partial charge < -0.3 is 15.2 Å². The number of hydrogen-bond acceptors (Lipinski definition) is 4. The van der Waals surface area contributed by atoms with Gasteiger partial charge in [-0.1, -0.05) is 0 Å². The number of nitrogens with two attached hydrogens (primary N) is 1. The van der Waals surface area contributed by atoms with E-state index in [1.165, 1.54) is 12.1 Å². The second kappa shape index (κ2) is 6.84. The van der Waals surface area contributed by atoms with Gasteiger partial charge in [-0.05, 0) is 25.1 Å². The van der Waals surface area contributed by atoms with Crippen molar-refractivity contribution in [2.75, 3.05) is 39.5 Å². The maximum atomic E-state index is 13.2. The maximum Gasteiger partial charge on any atom is 0.124 e. The summed E-state index contributed by atoms with van der Waals surface area (Å²) in [4.78, 5) is 2.29. The highest BCUT2D eigenvalue weighted by atomic mass is 19.1. The van der Waals surface area contributed by atoms with E-state index in [0.717, 1.165) is 32.8 Å². The van der Waals surface area contributed by atoms with Gasteiger partial charge in [0.2, 0.25) is 0 Å². The fraction of sp³-hybridized carbons (Fsp3) is 0.571. The summed E-state index contributed by atoms with van der Waals surface area (Å²) in [6.07, 6.45) is 0. The van der Waals surface area contributed by atoms with Crippen molar-refractivity contribution in [3.05, 3.63) is 29.6 Å². The monoisotopic (exact) mass is 268 g/mol. The zero-order valence-electron chi connectivity index (χ0n) is 11.3. The molecule has 0 radical (unpaired) electrons. The summed E-state index contributed by atoms with van der Waals surface area (Å²) in [5.74, 6) is 0.387. The third-order valence-corrected chi connectivity index (χ3v) is 3.23. The number of rotatable bonds is 5. The predicted octanol–water partition coefficient (Wildman–Crippen LogP) is 1.56. The van der Waals surface area contributed by atoms with Crippen LogP contribution in [-0.2, 0) is 4.74 Å². The first kappa shape index (κ1) is 14.2. The summed E-state index contributed by atoms with van der Waals surface area (Å²) in [5.41, 5.74) is 6.53. The largest absolute Gasteiger partial charge is 0.492 e. The van der Waals surface area contributed by atoms with E-state index in [1.807, 2.05) is 6.92 Å². The molecule has 0 aromatic heterocycles. The van der Waals surface area contributed by atoms with Gasteiger partial charge in [0.05, 0.1) is 13.2 Å². The minimum absolute atomic E-state index is 0.242. The molecule has 0 amide bonds. The molecule has 1 aliphatic heterocycles. The van der Waals surface area contributed by atoms with Crippen LogP contribution in [0.4, 0.5) is 4.39 Å². The predicted molar refractivity (Wildman–Crippen MR) is 71.8 cm³/mol. The Morgan fingerprint density at radius 3 is 2.84 bits per heavy atom. The van der Waals surface area contributed by atoms with E-state index in [4.69, 9.17) is 15.2 Å². The van der Waals surface area contributed by atoms with Gasteiger partial charge in [0.25, 0.3) is 0 Å². The summed E-state index contributed by atoms with van der Waals surface area (Å²) in [5, 5.41) is 0. The van der Waals surface area contributed by atoms with E-state index in [0.29, 0.717) is 17.9 Å². The van der Waals surface area contributed by atoms with Gasteiger partial charge in [-0.15, -0.1) is 0 Å². The minimum Gasteiger partial charge on any atom is -0.492 e. The minimum atomic E-state index is -0.284. The van der Waals surface area contributed by atoms with Crippen molar-refractivity contribution in [2.24, 2.45) is 5.73 Å². The van der Waals surface area contributed by atoms with Crippen molar-refractivity contribution in [3.8, 4) is 5.75 Å². The molecule has 0 saturated carbocycles. The second-order valence-corrected chi connectivity index (χ2v) is 4.77. The standard InChI is InChI=1S/C14H21FN2O2/c1-11(16)13-10-12(15)2-3-14(13)19-9-6-17-4-7-18-8-5-17/h2-3,10-11H,4-9,16H2,1H3/t11-/m0/s1. The molecule has 0 aliphatic carbocycles. The van der Waals surface area contributed by atoms with Crippen molar-refractivity contribution < 1.29 is 13.9 Å². The topological polar surface area (TPSA) is 47.7 Å². The van der Waals surface area contributed by atoms with E-state index in [9.17, 15) is 4.39 Å². The summed E-state index contributed by atoms with van der Waals surface area (Å²) in [6.45, 7) is 6.68. The molecule has 0 unspecified atom stereocenters. The summed E-state index contributed by atoms with van der Waals surface area (Å²) in [6, 6.07) is 4.24. The van der Waals surface area contributed by atoms with Gasteiger partial charge in [-0.2, -0.15) is 0 Å². The molecule has 1 atom stereocenters. The van der Waals surface area contributed by atoms with Crippen molar-refractivity contribution in [1.82, 2.24) is 4.90 Å². The molecule has 2 rings (SSSR count). The lowest BCUT2D eigenvalue weighted by Gasteiger charge is -2.26. The van der Waals surface area contributed by atoms with Crippen LogP contribution in [-0.4, -0.2) is 44.4 Å². The number of morpholine rings is 1. The molecular formula is C14H21FN2O2. The Morgan fingerprint density at radius 1 is 1.42 bits per heavy atom. The number of nitrogens with zero attached hydrogens (tertiary/aromatic N) is 1. The molecule has 1 aliphatic rings. The molecule has 1 saturated heterocycles. The number of hydrogen-bond donors (Lipinski definition) is 1. The normalized spacial score (nSPS) is 18.3. The molecule has 1 fully saturated rings. The quantitative estimate of drug-likeness (QED) is 0.880. The average molecular weight is 268 g/mol. The maximum absolute atomic E-state index is 13.2.